The van der Waals surface area contributed by atoms with Crippen molar-refractivity contribution in [3.63, 3.8) is 0 Å². The molecular weight excluding hydrogens is 216 g/mol. The molecule has 92 valence electrons. The molecule has 3 heteroatoms. The van der Waals surface area contributed by atoms with E-state index >= 15 is 0 Å². The molecule has 0 aliphatic carbocycles. The minimum atomic E-state index is -1.12. The van der Waals surface area contributed by atoms with Crippen LogP contribution in [-0.2, 0) is 9.53 Å². The molecule has 0 heterocycles. The highest BCUT2D eigenvalue weighted by Crippen LogP contribution is 2.21. The molecule has 0 amide bonds. The molecule has 0 fully saturated rings. The Morgan fingerprint density at radius 3 is 2.29 bits per heavy atom. The summed E-state index contributed by atoms with van der Waals surface area (Å²) in [5.74, 6) is -0.623. The van der Waals surface area contributed by atoms with Crippen LogP contribution < -0.4 is 0 Å². The Bertz CT molecular complexity index is 459. The standard InChI is InChI=1S/C14H18O3/c1-9-6-7-10(2)12(8-9)13(16)14(4,5)17-11(3)15/h6-8H,1-5H3. The van der Waals surface area contributed by atoms with Gasteiger partial charge < -0.3 is 4.74 Å². The van der Waals surface area contributed by atoms with Crippen molar-refractivity contribution >= 4 is 11.8 Å². The van der Waals surface area contributed by atoms with Gasteiger partial charge in [-0.15, -0.1) is 0 Å². The van der Waals surface area contributed by atoms with E-state index in [1.807, 2.05) is 32.0 Å². The minimum Gasteiger partial charge on any atom is -0.451 e. The number of carbonyl (C=O) groups is 2. The number of carbonyl (C=O) groups excluding carboxylic acids is 2. The average molecular weight is 234 g/mol. The predicted octanol–water partition coefficient (Wildman–Crippen LogP) is 2.83. The van der Waals surface area contributed by atoms with Gasteiger partial charge in [0.15, 0.2) is 5.60 Å². The highest BCUT2D eigenvalue weighted by Gasteiger charge is 2.32. The van der Waals surface area contributed by atoms with E-state index in [0.717, 1.165) is 11.1 Å². The number of ketones is 1. The van der Waals surface area contributed by atoms with E-state index in [9.17, 15) is 9.59 Å². The lowest BCUT2D eigenvalue weighted by atomic mass is 9.92. The maximum atomic E-state index is 12.3. The Labute approximate surface area is 102 Å². The van der Waals surface area contributed by atoms with Crippen LogP contribution in [0.2, 0.25) is 0 Å². The van der Waals surface area contributed by atoms with E-state index in [-0.39, 0.29) is 5.78 Å². The predicted molar refractivity (Wildman–Crippen MR) is 66.1 cm³/mol. The first-order chi connectivity index (χ1) is 7.74. The average Bonchev–Trinajstić information content (AvgIpc) is 2.18. The number of hydrogen-bond donors (Lipinski definition) is 0. The fourth-order valence-electron chi connectivity index (χ4n) is 1.71. The van der Waals surface area contributed by atoms with E-state index < -0.39 is 11.6 Å². The fourth-order valence-corrected chi connectivity index (χ4v) is 1.71. The molecule has 0 aliphatic heterocycles. The monoisotopic (exact) mass is 234 g/mol. The Balaban J connectivity index is 3.11. The second kappa shape index (κ2) is 4.70. The molecule has 0 bridgehead atoms. The molecule has 1 rings (SSSR count). The highest BCUT2D eigenvalue weighted by atomic mass is 16.6. The van der Waals surface area contributed by atoms with Gasteiger partial charge in [-0.3, -0.25) is 9.59 Å². The first-order valence-electron chi connectivity index (χ1n) is 5.55. The molecule has 0 atom stereocenters. The zero-order valence-corrected chi connectivity index (χ0v) is 11.0. The zero-order valence-electron chi connectivity index (χ0n) is 11.0. The smallest absolute Gasteiger partial charge is 0.303 e. The van der Waals surface area contributed by atoms with E-state index in [2.05, 4.69) is 0 Å². The summed E-state index contributed by atoms with van der Waals surface area (Å²) in [4.78, 5) is 23.3. The Morgan fingerprint density at radius 2 is 1.76 bits per heavy atom. The lowest BCUT2D eigenvalue weighted by Crippen LogP contribution is -2.37. The van der Waals surface area contributed by atoms with Gasteiger partial charge in [0.1, 0.15) is 0 Å². The van der Waals surface area contributed by atoms with Crippen LogP contribution in [0, 0.1) is 13.8 Å². The molecule has 0 spiro atoms. The SMILES string of the molecule is CC(=O)OC(C)(C)C(=O)c1cc(C)ccc1C. The van der Waals surface area contributed by atoms with Crippen molar-refractivity contribution < 1.29 is 14.3 Å². The van der Waals surface area contributed by atoms with Gasteiger partial charge in [0.05, 0.1) is 0 Å². The number of aryl methyl sites for hydroxylation is 2. The van der Waals surface area contributed by atoms with Gasteiger partial charge in [-0.25, -0.2) is 0 Å². The minimum absolute atomic E-state index is 0.172. The molecule has 0 saturated carbocycles. The number of benzene rings is 1. The van der Waals surface area contributed by atoms with Crippen LogP contribution in [0.25, 0.3) is 0 Å². The van der Waals surface area contributed by atoms with Crippen molar-refractivity contribution in [2.75, 3.05) is 0 Å². The largest absolute Gasteiger partial charge is 0.451 e. The van der Waals surface area contributed by atoms with Crippen molar-refractivity contribution in [3.8, 4) is 0 Å². The van der Waals surface area contributed by atoms with Gasteiger partial charge in [0, 0.05) is 12.5 Å². The summed E-state index contributed by atoms with van der Waals surface area (Å²) in [5, 5.41) is 0. The van der Waals surface area contributed by atoms with Gasteiger partial charge in [0.25, 0.3) is 0 Å². The third-order valence-corrected chi connectivity index (χ3v) is 2.58. The normalized spacial score (nSPS) is 11.1. The van der Waals surface area contributed by atoms with Gasteiger partial charge in [0.2, 0.25) is 5.78 Å². The summed E-state index contributed by atoms with van der Waals surface area (Å²) < 4.78 is 5.06. The molecule has 0 unspecified atom stereocenters. The molecule has 3 nitrogen and oxygen atoms in total. The molecule has 1 aromatic carbocycles. The maximum absolute atomic E-state index is 12.3. The number of ether oxygens (including phenoxy) is 1. The Hall–Kier alpha value is -1.64. The fraction of sp³-hybridized carbons (Fsp3) is 0.429. The molecule has 0 aromatic heterocycles. The Kier molecular flexibility index (Phi) is 3.71. The number of rotatable bonds is 3. The topological polar surface area (TPSA) is 43.4 Å². The summed E-state index contributed by atoms with van der Waals surface area (Å²) in [7, 11) is 0. The van der Waals surface area contributed by atoms with Crippen molar-refractivity contribution in [3.05, 3.63) is 34.9 Å². The van der Waals surface area contributed by atoms with Crippen LogP contribution in [0.3, 0.4) is 0 Å². The van der Waals surface area contributed by atoms with Crippen molar-refractivity contribution in [2.45, 2.75) is 40.2 Å². The van der Waals surface area contributed by atoms with E-state index in [1.165, 1.54) is 6.92 Å². The van der Waals surface area contributed by atoms with Crippen LogP contribution in [-0.4, -0.2) is 17.4 Å². The first kappa shape index (κ1) is 13.4. The lowest BCUT2D eigenvalue weighted by Gasteiger charge is -2.23. The molecule has 0 N–H and O–H groups in total. The Morgan fingerprint density at radius 1 is 1.18 bits per heavy atom. The summed E-state index contributed by atoms with van der Waals surface area (Å²) in [6.45, 7) is 8.32. The molecule has 17 heavy (non-hydrogen) atoms. The van der Waals surface area contributed by atoms with E-state index in [0.29, 0.717) is 5.56 Å². The number of esters is 1. The second-order valence-corrected chi connectivity index (χ2v) is 4.75. The van der Waals surface area contributed by atoms with Crippen molar-refractivity contribution in [1.82, 2.24) is 0 Å². The van der Waals surface area contributed by atoms with Crippen LogP contribution in [0.15, 0.2) is 18.2 Å². The third-order valence-electron chi connectivity index (χ3n) is 2.58. The van der Waals surface area contributed by atoms with Gasteiger partial charge in [-0.1, -0.05) is 17.7 Å². The summed E-state index contributed by atoms with van der Waals surface area (Å²) in [5.41, 5.74) is 1.39. The number of Topliss-reactive ketones (excluding diaryl/α,β-unsaturated/α-hetero) is 1. The summed E-state index contributed by atoms with van der Waals surface area (Å²) in [6, 6.07) is 5.67. The quantitative estimate of drug-likeness (QED) is 0.596. The van der Waals surface area contributed by atoms with E-state index in [1.54, 1.807) is 13.8 Å². The number of hydrogen-bond acceptors (Lipinski definition) is 3. The van der Waals surface area contributed by atoms with Gasteiger partial charge in [-0.05, 0) is 39.3 Å². The molecule has 0 radical (unpaired) electrons. The molecular formula is C14H18O3. The summed E-state index contributed by atoms with van der Waals surface area (Å²) >= 11 is 0. The van der Waals surface area contributed by atoms with Crippen LogP contribution >= 0.6 is 0 Å². The third kappa shape index (κ3) is 3.16. The molecule has 0 saturated heterocycles. The van der Waals surface area contributed by atoms with Crippen molar-refractivity contribution in [2.24, 2.45) is 0 Å². The second-order valence-electron chi connectivity index (χ2n) is 4.75. The highest BCUT2D eigenvalue weighted by molar-refractivity contribution is 6.04. The molecule has 1 aromatic rings. The van der Waals surface area contributed by atoms with Gasteiger partial charge >= 0.3 is 5.97 Å². The first-order valence-corrected chi connectivity index (χ1v) is 5.55. The summed E-state index contributed by atoms with van der Waals surface area (Å²) in [6.07, 6.45) is 0. The van der Waals surface area contributed by atoms with Crippen LogP contribution in [0.4, 0.5) is 0 Å². The molecule has 0 aliphatic rings. The van der Waals surface area contributed by atoms with E-state index in [4.69, 9.17) is 4.74 Å². The zero-order chi connectivity index (χ0) is 13.2. The van der Waals surface area contributed by atoms with Crippen LogP contribution in [0.5, 0.6) is 0 Å². The van der Waals surface area contributed by atoms with Crippen molar-refractivity contribution in [1.29, 1.82) is 0 Å². The lowest BCUT2D eigenvalue weighted by molar-refractivity contribution is -0.149. The van der Waals surface area contributed by atoms with Gasteiger partial charge in [-0.2, -0.15) is 0 Å². The van der Waals surface area contributed by atoms with Crippen LogP contribution in [0.1, 0.15) is 42.3 Å². The maximum Gasteiger partial charge on any atom is 0.303 e.